The fraction of sp³-hybridized carbons (Fsp3) is 0.118. The average molecular weight is 282 g/mol. The van der Waals surface area contributed by atoms with Gasteiger partial charge in [0.25, 0.3) is 0 Å². The van der Waals surface area contributed by atoms with Crippen LogP contribution in [0.3, 0.4) is 0 Å². The number of ether oxygens (including phenoxy) is 2. The van der Waals surface area contributed by atoms with Crippen LogP contribution in [-0.4, -0.2) is 20.5 Å². The van der Waals surface area contributed by atoms with E-state index in [0.29, 0.717) is 22.7 Å². The maximum atomic E-state index is 11.5. The summed E-state index contributed by atoms with van der Waals surface area (Å²) in [5.41, 5.74) is 2.01. The molecule has 106 valence electrons. The van der Waals surface area contributed by atoms with Gasteiger partial charge in [-0.1, -0.05) is 0 Å². The van der Waals surface area contributed by atoms with E-state index in [-0.39, 0.29) is 0 Å². The second kappa shape index (κ2) is 5.32. The third kappa shape index (κ3) is 2.25. The maximum absolute atomic E-state index is 11.5. The summed E-state index contributed by atoms with van der Waals surface area (Å²) >= 11 is 0. The van der Waals surface area contributed by atoms with Crippen LogP contribution in [0.15, 0.2) is 46.9 Å². The molecule has 0 aliphatic heterocycles. The van der Waals surface area contributed by atoms with E-state index in [1.807, 2.05) is 24.3 Å². The predicted octanol–water partition coefficient (Wildman–Crippen LogP) is 3.93. The number of hydrogen-bond donors (Lipinski definition) is 0. The standard InChI is InChI=1S/C17H14O4/c1-19-12-5-3-11(4-6-12)17-15(10-18)14-9-13(20-2)7-8-16(14)21-17/h3-10H,1-2H3. The van der Waals surface area contributed by atoms with Crippen molar-refractivity contribution in [3.8, 4) is 22.8 Å². The van der Waals surface area contributed by atoms with Gasteiger partial charge in [-0.25, -0.2) is 0 Å². The van der Waals surface area contributed by atoms with Crippen LogP contribution in [0.25, 0.3) is 22.3 Å². The Balaban J connectivity index is 2.19. The van der Waals surface area contributed by atoms with Crippen molar-refractivity contribution in [2.45, 2.75) is 0 Å². The number of methoxy groups -OCH3 is 2. The zero-order valence-corrected chi connectivity index (χ0v) is 11.8. The van der Waals surface area contributed by atoms with Gasteiger partial charge >= 0.3 is 0 Å². The largest absolute Gasteiger partial charge is 0.497 e. The van der Waals surface area contributed by atoms with Crippen LogP contribution in [0.1, 0.15) is 10.4 Å². The molecule has 0 unspecified atom stereocenters. The quantitative estimate of drug-likeness (QED) is 0.680. The van der Waals surface area contributed by atoms with E-state index >= 15 is 0 Å². The van der Waals surface area contributed by atoms with Crippen LogP contribution >= 0.6 is 0 Å². The van der Waals surface area contributed by atoms with Gasteiger partial charge in [0.1, 0.15) is 22.8 Å². The highest BCUT2D eigenvalue weighted by Gasteiger charge is 2.16. The number of rotatable bonds is 4. The van der Waals surface area contributed by atoms with Gasteiger partial charge in [0.05, 0.1) is 19.8 Å². The van der Waals surface area contributed by atoms with Crippen LogP contribution in [0.5, 0.6) is 11.5 Å². The third-order valence-electron chi connectivity index (χ3n) is 3.40. The first-order chi connectivity index (χ1) is 10.3. The van der Waals surface area contributed by atoms with Gasteiger partial charge in [0.2, 0.25) is 0 Å². The molecule has 0 N–H and O–H groups in total. The molecule has 0 amide bonds. The van der Waals surface area contributed by atoms with E-state index in [9.17, 15) is 4.79 Å². The van der Waals surface area contributed by atoms with Gasteiger partial charge < -0.3 is 13.9 Å². The fourth-order valence-electron chi connectivity index (χ4n) is 2.30. The van der Waals surface area contributed by atoms with Crippen molar-refractivity contribution in [2.24, 2.45) is 0 Å². The highest BCUT2D eigenvalue weighted by molar-refractivity contribution is 6.03. The van der Waals surface area contributed by atoms with Crippen LogP contribution in [0, 0.1) is 0 Å². The Bertz CT molecular complexity index is 784. The first-order valence-electron chi connectivity index (χ1n) is 6.47. The van der Waals surface area contributed by atoms with Crippen molar-refractivity contribution in [1.29, 1.82) is 0 Å². The molecule has 0 aliphatic rings. The second-order valence-corrected chi connectivity index (χ2v) is 4.55. The Hall–Kier alpha value is -2.75. The van der Waals surface area contributed by atoms with Crippen molar-refractivity contribution in [2.75, 3.05) is 14.2 Å². The molecule has 0 atom stereocenters. The number of hydrogen-bond acceptors (Lipinski definition) is 4. The lowest BCUT2D eigenvalue weighted by Crippen LogP contribution is -1.85. The minimum Gasteiger partial charge on any atom is -0.497 e. The number of furan rings is 1. The average Bonchev–Trinajstić information content (AvgIpc) is 2.92. The molecular weight excluding hydrogens is 268 g/mol. The van der Waals surface area contributed by atoms with Crippen molar-refractivity contribution < 1.29 is 18.7 Å². The molecule has 3 rings (SSSR count). The Labute approximate surface area is 121 Å². The highest BCUT2D eigenvalue weighted by Crippen LogP contribution is 2.34. The summed E-state index contributed by atoms with van der Waals surface area (Å²) in [5, 5.41) is 0.746. The molecule has 3 aromatic rings. The number of aldehydes is 1. The number of fused-ring (bicyclic) bond motifs is 1. The molecule has 1 aromatic heterocycles. The lowest BCUT2D eigenvalue weighted by atomic mass is 10.1. The summed E-state index contributed by atoms with van der Waals surface area (Å²) in [6.07, 6.45) is 0.810. The Morgan fingerprint density at radius 1 is 0.952 bits per heavy atom. The summed E-state index contributed by atoms with van der Waals surface area (Å²) in [6.45, 7) is 0. The van der Waals surface area contributed by atoms with E-state index < -0.39 is 0 Å². The van der Waals surface area contributed by atoms with Crippen LogP contribution in [0.2, 0.25) is 0 Å². The van der Waals surface area contributed by atoms with E-state index in [1.165, 1.54) is 0 Å². The molecule has 0 radical (unpaired) electrons. The van der Waals surface area contributed by atoms with Gasteiger partial charge in [-0.3, -0.25) is 4.79 Å². The van der Waals surface area contributed by atoms with Crippen LogP contribution in [-0.2, 0) is 0 Å². The van der Waals surface area contributed by atoms with Gasteiger partial charge in [0, 0.05) is 10.9 Å². The van der Waals surface area contributed by atoms with Gasteiger partial charge in [-0.2, -0.15) is 0 Å². The van der Waals surface area contributed by atoms with Crippen molar-refractivity contribution in [3.63, 3.8) is 0 Å². The summed E-state index contributed by atoms with van der Waals surface area (Å²) in [5.74, 6) is 1.99. The number of benzene rings is 2. The van der Waals surface area contributed by atoms with Crippen molar-refractivity contribution in [3.05, 3.63) is 48.0 Å². The first kappa shape index (κ1) is 13.2. The molecule has 4 heteroatoms. The van der Waals surface area contributed by atoms with E-state index in [2.05, 4.69) is 0 Å². The molecule has 4 nitrogen and oxygen atoms in total. The molecule has 1 heterocycles. The van der Waals surface area contributed by atoms with E-state index in [1.54, 1.807) is 32.4 Å². The molecule has 2 aromatic carbocycles. The molecule has 21 heavy (non-hydrogen) atoms. The lowest BCUT2D eigenvalue weighted by Gasteiger charge is -2.01. The number of carbonyl (C=O) groups excluding carboxylic acids is 1. The molecule has 0 spiro atoms. The lowest BCUT2D eigenvalue weighted by molar-refractivity contribution is 0.112. The smallest absolute Gasteiger partial charge is 0.154 e. The highest BCUT2D eigenvalue weighted by atomic mass is 16.5. The van der Waals surface area contributed by atoms with Gasteiger partial charge in [-0.15, -0.1) is 0 Å². The van der Waals surface area contributed by atoms with Crippen LogP contribution in [0.4, 0.5) is 0 Å². The predicted molar refractivity (Wildman–Crippen MR) is 80.1 cm³/mol. The molecule has 0 saturated heterocycles. The normalized spacial score (nSPS) is 10.6. The molecule has 0 bridgehead atoms. The SMILES string of the molecule is COc1ccc(-c2oc3ccc(OC)cc3c2C=O)cc1. The Morgan fingerprint density at radius 3 is 2.24 bits per heavy atom. The topological polar surface area (TPSA) is 48.7 Å². The molecule has 0 aliphatic carbocycles. The van der Waals surface area contributed by atoms with Crippen LogP contribution < -0.4 is 9.47 Å². The maximum Gasteiger partial charge on any atom is 0.154 e. The molecule has 0 fully saturated rings. The fourth-order valence-corrected chi connectivity index (χ4v) is 2.30. The Kier molecular flexibility index (Phi) is 3.36. The summed E-state index contributed by atoms with van der Waals surface area (Å²) in [4.78, 5) is 11.5. The van der Waals surface area contributed by atoms with Gasteiger partial charge in [-0.05, 0) is 42.5 Å². The zero-order valence-electron chi connectivity index (χ0n) is 11.8. The Morgan fingerprint density at radius 2 is 1.62 bits per heavy atom. The van der Waals surface area contributed by atoms with Crippen molar-refractivity contribution in [1.82, 2.24) is 0 Å². The molecular formula is C17H14O4. The second-order valence-electron chi connectivity index (χ2n) is 4.55. The minimum absolute atomic E-state index is 0.522. The molecule has 0 saturated carbocycles. The first-order valence-corrected chi connectivity index (χ1v) is 6.47. The zero-order chi connectivity index (χ0) is 14.8. The van der Waals surface area contributed by atoms with Gasteiger partial charge in [0.15, 0.2) is 6.29 Å². The minimum atomic E-state index is 0.522. The van der Waals surface area contributed by atoms with E-state index in [0.717, 1.165) is 23.0 Å². The number of carbonyl (C=O) groups is 1. The third-order valence-corrected chi connectivity index (χ3v) is 3.40. The summed E-state index contributed by atoms with van der Waals surface area (Å²) in [6, 6.07) is 12.8. The van der Waals surface area contributed by atoms with E-state index in [4.69, 9.17) is 13.9 Å². The summed E-state index contributed by atoms with van der Waals surface area (Å²) in [7, 11) is 3.20. The monoisotopic (exact) mass is 282 g/mol. The van der Waals surface area contributed by atoms with Crippen molar-refractivity contribution >= 4 is 17.3 Å². The summed E-state index contributed by atoms with van der Waals surface area (Å²) < 4.78 is 16.1.